The predicted octanol–water partition coefficient (Wildman–Crippen LogP) is 0.0981. The zero-order valence-electron chi connectivity index (χ0n) is 7.27. The number of pyridine rings is 1. The molecule has 2 rings (SSSR count). The second-order valence-electron chi connectivity index (χ2n) is 2.79. The zero-order valence-corrected chi connectivity index (χ0v) is 7.27. The van der Waals surface area contributed by atoms with Crippen LogP contribution in [0.1, 0.15) is 6.92 Å². The van der Waals surface area contributed by atoms with E-state index in [0.717, 1.165) is 0 Å². The van der Waals surface area contributed by atoms with Gasteiger partial charge in [0.25, 0.3) is 0 Å². The molecule has 13 heavy (non-hydrogen) atoms. The van der Waals surface area contributed by atoms with Crippen LogP contribution in [0.15, 0.2) is 23.1 Å². The Morgan fingerprint density at radius 2 is 2.31 bits per heavy atom. The van der Waals surface area contributed by atoms with E-state index in [4.69, 9.17) is 5.73 Å². The van der Waals surface area contributed by atoms with Crippen molar-refractivity contribution in [1.29, 1.82) is 0 Å². The van der Waals surface area contributed by atoms with E-state index in [1.807, 2.05) is 6.92 Å². The Hall–Kier alpha value is -1.78. The molecule has 5 heteroatoms. The van der Waals surface area contributed by atoms with Gasteiger partial charge in [-0.05, 0) is 19.1 Å². The molecule has 0 spiro atoms. The number of nitrogens with zero attached hydrogens (tertiary/aromatic N) is 3. The van der Waals surface area contributed by atoms with Gasteiger partial charge >= 0.3 is 5.69 Å². The van der Waals surface area contributed by atoms with E-state index in [-0.39, 0.29) is 5.69 Å². The first-order chi connectivity index (χ1) is 6.22. The highest BCUT2D eigenvalue weighted by Crippen LogP contribution is 2.02. The molecule has 0 aliphatic rings. The van der Waals surface area contributed by atoms with Crippen LogP contribution in [0, 0.1) is 0 Å². The van der Waals surface area contributed by atoms with Crippen molar-refractivity contribution in [3.63, 3.8) is 0 Å². The van der Waals surface area contributed by atoms with Crippen LogP contribution in [-0.4, -0.2) is 14.2 Å². The van der Waals surface area contributed by atoms with Gasteiger partial charge in [-0.3, -0.25) is 0 Å². The lowest BCUT2D eigenvalue weighted by Gasteiger charge is -1.91. The third-order valence-corrected chi connectivity index (χ3v) is 1.90. The molecule has 2 aromatic heterocycles. The Balaban J connectivity index is 2.85. The monoisotopic (exact) mass is 178 g/mol. The van der Waals surface area contributed by atoms with Crippen LogP contribution >= 0.6 is 0 Å². The fourth-order valence-corrected chi connectivity index (χ4v) is 1.24. The van der Waals surface area contributed by atoms with Crippen molar-refractivity contribution >= 4 is 11.3 Å². The fraction of sp³-hybridized carbons (Fsp3) is 0.250. The summed E-state index contributed by atoms with van der Waals surface area (Å²) < 4.78 is 2.84. The van der Waals surface area contributed by atoms with Gasteiger partial charge in [-0.2, -0.15) is 0 Å². The molecule has 68 valence electrons. The highest BCUT2D eigenvalue weighted by molar-refractivity contribution is 5.46. The molecule has 0 aliphatic carbocycles. The molecule has 0 atom stereocenters. The molecule has 2 aromatic rings. The topological polar surface area (TPSA) is 65.3 Å². The lowest BCUT2D eigenvalue weighted by molar-refractivity contribution is 0.633. The molecule has 2 N–H and O–H groups in total. The molecule has 0 amide bonds. The summed E-state index contributed by atoms with van der Waals surface area (Å²) in [5, 5.41) is 4.08. The number of aromatic nitrogens is 3. The number of anilines is 1. The van der Waals surface area contributed by atoms with Crippen molar-refractivity contribution in [3.8, 4) is 0 Å². The summed E-state index contributed by atoms with van der Waals surface area (Å²) in [7, 11) is 0. The number of aryl methyl sites for hydroxylation is 1. The average molecular weight is 178 g/mol. The van der Waals surface area contributed by atoms with Crippen molar-refractivity contribution in [2.24, 2.45) is 0 Å². The minimum absolute atomic E-state index is 0.148. The van der Waals surface area contributed by atoms with Gasteiger partial charge in [0, 0.05) is 18.4 Å². The molecule has 0 bridgehead atoms. The third-order valence-electron chi connectivity index (χ3n) is 1.90. The van der Waals surface area contributed by atoms with Gasteiger partial charge in [-0.25, -0.2) is 13.9 Å². The summed E-state index contributed by atoms with van der Waals surface area (Å²) in [6.45, 7) is 2.44. The Kier molecular flexibility index (Phi) is 1.58. The number of fused-ring (bicyclic) bond motifs is 1. The molecule has 0 saturated heterocycles. The van der Waals surface area contributed by atoms with Crippen molar-refractivity contribution in [2.75, 3.05) is 5.73 Å². The number of hydrogen-bond acceptors (Lipinski definition) is 3. The summed E-state index contributed by atoms with van der Waals surface area (Å²) in [6, 6.07) is 3.45. The summed E-state index contributed by atoms with van der Waals surface area (Å²) in [5.74, 6) is 0. The van der Waals surface area contributed by atoms with Gasteiger partial charge < -0.3 is 5.73 Å². The van der Waals surface area contributed by atoms with E-state index in [1.165, 1.54) is 9.08 Å². The molecule has 0 fully saturated rings. The van der Waals surface area contributed by atoms with Crippen LogP contribution in [0.4, 0.5) is 5.69 Å². The van der Waals surface area contributed by atoms with Crippen molar-refractivity contribution < 1.29 is 0 Å². The number of nitrogen functional groups attached to an aromatic ring is 1. The lowest BCUT2D eigenvalue weighted by atomic mass is 10.4. The van der Waals surface area contributed by atoms with Crippen LogP contribution in [0.5, 0.6) is 0 Å². The maximum Gasteiger partial charge on any atom is 0.350 e. The Bertz CT molecular complexity index is 496. The van der Waals surface area contributed by atoms with E-state index in [0.29, 0.717) is 17.9 Å². The van der Waals surface area contributed by atoms with Gasteiger partial charge in [0.05, 0.1) is 0 Å². The molecular weight excluding hydrogens is 168 g/mol. The molecule has 0 aliphatic heterocycles. The standard InChI is InChI=1S/C8H10N4O/c1-2-12-8(13)11-5-6(9)3-4-7(11)10-12/h3-5H,2,9H2,1H3. The number of hydrogen-bond donors (Lipinski definition) is 1. The second-order valence-corrected chi connectivity index (χ2v) is 2.79. The van der Waals surface area contributed by atoms with E-state index in [9.17, 15) is 4.79 Å². The van der Waals surface area contributed by atoms with Gasteiger partial charge in [0.2, 0.25) is 0 Å². The molecule has 0 radical (unpaired) electrons. The maximum atomic E-state index is 11.5. The zero-order chi connectivity index (χ0) is 9.42. The van der Waals surface area contributed by atoms with Crippen LogP contribution < -0.4 is 11.4 Å². The van der Waals surface area contributed by atoms with Gasteiger partial charge in [-0.1, -0.05) is 0 Å². The predicted molar refractivity (Wildman–Crippen MR) is 49.5 cm³/mol. The molecule has 2 heterocycles. The van der Waals surface area contributed by atoms with E-state index >= 15 is 0 Å². The molecule has 0 saturated carbocycles. The summed E-state index contributed by atoms with van der Waals surface area (Å²) >= 11 is 0. The average Bonchev–Trinajstić information content (AvgIpc) is 2.44. The molecular formula is C8H10N4O. The first-order valence-electron chi connectivity index (χ1n) is 4.07. The normalized spacial score (nSPS) is 10.8. The molecule has 0 unspecified atom stereocenters. The van der Waals surface area contributed by atoms with Crippen LogP contribution in [0.3, 0.4) is 0 Å². The summed E-state index contributed by atoms with van der Waals surface area (Å²) in [4.78, 5) is 11.5. The van der Waals surface area contributed by atoms with Crippen LogP contribution in [-0.2, 0) is 6.54 Å². The van der Waals surface area contributed by atoms with Gasteiger partial charge in [-0.15, -0.1) is 5.10 Å². The van der Waals surface area contributed by atoms with Crippen molar-refractivity contribution in [1.82, 2.24) is 14.2 Å². The highest BCUT2D eigenvalue weighted by Gasteiger charge is 2.03. The van der Waals surface area contributed by atoms with E-state index in [2.05, 4.69) is 5.10 Å². The summed E-state index contributed by atoms with van der Waals surface area (Å²) in [6.07, 6.45) is 1.58. The largest absolute Gasteiger partial charge is 0.398 e. The number of nitrogens with two attached hydrogens (primary N) is 1. The smallest absolute Gasteiger partial charge is 0.350 e. The maximum absolute atomic E-state index is 11.5. The third kappa shape index (κ3) is 1.09. The Labute approximate surface area is 74.4 Å². The van der Waals surface area contributed by atoms with Crippen molar-refractivity contribution in [2.45, 2.75) is 13.5 Å². The van der Waals surface area contributed by atoms with Gasteiger partial charge in [0.15, 0.2) is 5.65 Å². The quantitative estimate of drug-likeness (QED) is 0.673. The van der Waals surface area contributed by atoms with E-state index < -0.39 is 0 Å². The Morgan fingerprint density at radius 3 is 3.00 bits per heavy atom. The minimum atomic E-state index is -0.148. The molecule has 5 nitrogen and oxygen atoms in total. The van der Waals surface area contributed by atoms with Crippen LogP contribution in [0.25, 0.3) is 5.65 Å². The highest BCUT2D eigenvalue weighted by atomic mass is 16.2. The van der Waals surface area contributed by atoms with E-state index in [1.54, 1.807) is 18.3 Å². The Morgan fingerprint density at radius 1 is 1.54 bits per heavy atom. The summed E-state index contributed by atoms with van der Waals surface area (Å²) in [5.41, 5.74) is 6.58. The first-order valence-corrected chi connectivity index (χ1v) is 4.07. The lowest BCUT2D eigenvalue weighted by Crippen LogP contribution is -2.20. The first kappa shape index (κ1) is 7.85. The second kappa shape index (κ2) is 2.62. The molecule has 0 aromatic carbocycles. The SMILES string of the molecule is CCn1nc2ccc(N)cn2c1=O. The van der Waals surface area contributed by atoms with Crippen LogP contribution in [0.2, 0.25) is 0 Å². The number of rotatable bonds is 1. The van der Waals surface area contributed by atoms with Crippen molar-refractivity contribution in [3.05, 3.63) is 28.8 Å². The fourth-order valence-electron chi connectivity index (χ4n) is 1.24. The minimum Gasteiger partial charge on any atom is -0.398 e. The van der Waals surface area contributed by atoms with Gasteiger partial charge in [0.1, 0.15) is 0 Å².